The van der Waals surface area contributed by atoms with Gasteiger partial charge in [0, 0.05) is 6.42 Å². The summed E-state index contributed by atoms with van der Waals surface area (Å²) in [5.41, 5.74) is 0. The average Bonchev–Trinajstić information content (AvgIpc) is 2.58. The van der Waals surface area contributed by atoms with Gasteiger partial charge < -0.3 is 9.47 Å². The standard InChI is InChI=1S/C22H42O4/c1-17(2)15-25-21(23)14-12-10-8-7-9-11-13-19(5)20(6)22(24)26-16-18(3)4/h17-20H,7-16H2,1-6H3. The van der Waals surface area contributed by atoms with Crippen LogP contribution in [0.3, 0.4) is 0 Å². The summed E-state index contributed by atoms with van der Waals surface area (Å²) in [6.07, 6.45) is 8.32. The fourth-order valence-corrected chi connectivity index (χ4v) is 2.64. The molecule has 4 nitrogen and oxygen atoms in total. The quantitative estimate of drug-likeness (QED) is 0.271. The van der Waals surface area contributed by atoms with E-state index in [1.165, 1.54) is 12.8 Å². The summed E-state index contributed by atoms with van der Waals surface area (Å²) < 4.78 is 10.5. The Morgan fingerprint density at radius 2 is 1.19 bits per heavy atom. The first-order valence-corrected chi connectivity index (χ1v) is 10.6. The molecule has 0 bridgehead atoms. The van der Waals surface area contributed by atoms with Crippen molar-refractivity contribution in [2.45, 2.75) is 92.9 Å². The second kappa shape index (κ2) is 15.0. The number of carbonyl (C=O) groups excluding carboxylic acids is 2. The van der Waals surface area contributed by atoms with Gasteiger partial charge in [-0.25, -0.2) is 0 Å². The number of carbonyl (C=O) groups is 2. The highest BCUT2D eigenvalue weighted by atomic mass is 16.5. The van der Waals surface area contributed by atoms with E-state index in [1.54, 1.807) is 0 Å². The summed E-state index contributed by atoms with van der Waals surface area (Å²) in [5.74, 6) is 1.01. The van der Waals surface area contributed by atoms with Crippen LogP contribution in [-0.4, -0.2) is 25.2 Å². The van der Waals surface area contributed by atoms with Crippen LogP contribution in [0.1, 0.15) is 92.9 Å². The Labute approximate surface area is 161 Å². The van der Waals surface area contributed by atoms with E-state index in [-0.39, 0.29) is 17.9 Å². The summed E-state index contributed by atoms with van der Waals surface area (Å²) >= 11 is 0. The van der Waals surface area contributed by atoms with Crippen molar-refractivity contribution in [1.29, 1.82) is 0 Å². The Morgan fingerprint density at radius 3 is 1.77 bits per heavy atom. The van der Waals surface area contributed by atoms with Crippen LogP contribution in [0.15, 0.2) is 0 Å². The molecule has 154 valence electrons. The lowest BCUT2D eigenvalue weighted by molar-refractivity contribution is -0.150. The van der Waals surface area contributed by atoms with E-state index in [2.05, 4.69) is 20.8 Å². The molecule has 0 amide bonds. The Balaban J connectivity index is 3.59. The third-order valence-electron chi connectivity index (χ3n) is 4.65. The van der Waals surface area contributed by atoms with E-state index in [4.69, 9.17) is 9.47 Å². The zero-order chi connectivity index (χ0) is 19.9. The normalized spacial score (nSPS) is 13.7. The molecule has 0 aromatic carbocycles. The minimum Gasteiger partial charge on any atom is -0.465 e. The Morgan fingerprint density at radius 1 is 0.692 bits per heavy atom. The lowest BCUT2D eigenvalue weighted by atomic mass is 9.90. The van der Waals surface area contributed by atoms with Crippen molar-refractivity contribution in [3.05, 3.63) is 0 Å². The maximum absolute atomic E-state index is 12.0. The molecule has 0 heterocycles. The third kappa shape index (κ3) is 14.1. The number of hydrogen-bond donors (Lipinski definition) is 0. The average molecular weight is 371 g/mol. The molecule has 0 saturated heterocycles. The predicted molar refractivity (Wildman–Crippen MR) is 107 cm³/mol. The van der Waals surface area contributed by atoms with Crippen molar-refractivity contribution in [1.82, 2.24) is 0 Å². The van der Waals surface area contributed by atoms with Crippen molar-refractivity contribution in [2.24, 2.45) is 23.7 Å². The molecule has 2 atom stereocenters. The number of rotatable bonds is 15. The van der Waals surface area contributed by atoms with Crippen molar-refractivity contribution < 1.29 is 19.1 Å². The van der Waals surface area contributed by atoms with Gasteiger partial charge in [-0.3, -0.25) is 9.59 Å². The molecule has 0 saturated carbocycles. The predicted octanol–water partition coefficient (Wildman–Crippen LogP) is 5.78. The van der Waals surface area contributed by atoms with Crippen molar-refractivity contribution >= 4 is 11.9 Å². The molecule has 0 rings (SSSR count). The van der Waals surface area contributed by atoms with Gasteiger partial charge in [-0.2, -0.15) is 0 Å². The minimum absolute atomic E-state index is 0.0226. The van der Waals surface area contributed by atoms with E-state index in [1.807, 2.05) is 20.8 Å². The van der Waals surface area contributed by atoms with Crippen molar-refractivity contribution in [3.8, 4) is 0 Å². The van der Waals surface area contributed by atoms with Gasteiger partial charge in [0.2, 0.25) is 0 Å². The molecule has 0 fully saturated rings. The van der Waals surface area contributed by atoms with E-state index >= 15 is 0 Å². The van der Waals surface area contributed by atoms with Gasteiger partial charge in [0.05, 0.1) is 19.1 Å². The zero-order valence-electron chi connectivity index (χ0n) is 18.0. The first-order valence-electron chi connectivity index (χ1n) is 10.6. The molecular weight excluding hydrogens is 328 g/mol. The molecule has 26 heavy (non-hydrogen) atoms. The van der Waals surface area contributed by atoms with Crippen LogP contribution in [0.25, 0.3) is 0 Å². The molecule has 0 aliphatic heterocycles. The van der Waals surface area contributed by atoms with Gasteiger partial charge in [-0.15, -0.1) is 0 Å². The summed E-state index contributed by atoms with van der Waals surface area (Å²) in [4.78, 5) is 23.5. The maximum Gasteiger partial charge on any atom is 0.308 e. The highest BCUT2D eigenvalue weighted by molar-refractivity contribution is 5.72. The van der Waals surface area contributed by atoms with E-state index in [9.17, 15) is 9.59 Å². The molecule has 0 N–H and O–H groups in total. The molecule has 0 aromatic heterocycles. The smallest absolute Gasteiger partial charge is 0.308 e. The minimum atomic E-state index is -0.0640. The first-order chi connectivity index (χ1) is 12.2. The van der Waals surface area contributed by atoms with Crippen LogP contribution in [0, 0.1) is 23.7 Å². The van der Waals surface area contributed by atoms with Gasteiger partial charge in [0.1, 0.15) is 0 Å². The monoisotopic (exact) mass is 370 g/mol. The van der Waals surface area contributed by atoms with Crippen LogP contribution >= 0.6 is 0 Å². The fraction of sp³-hybridized carbons (Fsp3) is 0.909. The highest BCUT2D eigenvalue weighted by Gasteiger charge is 2.21. The van der Waals surface area contributed by atoms with Crippen LogP contribution in [0.5, 0.6) is 0 Å². The number of ether oxygens (including phenoxy) is 2. The Bertz CT molecular complexity index is 376. The van der Waals surface area contributed by atoms with Gasteiger partial charge in [-0.05, 0) is 30.6 Å². The summed E-state index contributed by atoms with van der Waals surface area (Å²) in [6.45, 7) is 13.4. The van der Waals surface area contributed by atoms with Crippen molar-refractivity contribution in [3.63, 3.8) is 0 Å². The lowest BCUT2D eigenvalue weighted by Crippen LogP contribution is -2.23. The second-order valence-electron chi connectivity index (χ2n) is 8.53. The van der Waals surface area contributed by atoms with Gasteiger partial charge in [0.25, 0.3) is 0 Å². The molecular formula is C22H42O4. The topological polar surface area (TPSA) is 52.6 Å². The van der Waals surface area contributed by atoms with E-state index in [0.717, 1.165) is 32.1 Å². The Kier molecular flexibility index (Phi) is 14.4. The molecule has 0 spiro atoms. The molecule has 2 unspecified atom stereocenters. The molecule has 0 aliphatic rings. The number of esters is 2. The van der Waals surface area contributed by atoms with Gasteiger partial charge in [-0.1, -0.05) is 73.6 Å². The molecule has 0 radical (unpaired) electrons. The summed E-state index contributed by atoms with van der Waals surface area (Å²) in [7, 11) is 0. The van der Waals surface area contributed by atoms with Crippen LogP contribution < -0.4 is 0 Å². The first kappa shape index (κ1) is 24.9. The maximum atomic E-state index is 12.0. The molecule has 4 heteroatoms. The lowest BCUT2D eigenvalue weighted by Gasteiger charge is -2.19. The molecule has 0 aromatic rings. The number of hydrogen-bond acceptors (Lipinski definition) is 4. The van der Waals surface area contributed by atoms with Gasteiger partial charge >= 0.3 is 11.9 Å². The summed E-state index contributed by atoms with van der Waals surface area (Å²) in [6, 6.07) is 0. The van der Waals surface area contributed by atoms with Gasteiger partial charge in [0.15, 0.2) is 0 Å². The third-order valence-corrected chi connectivity index (χ3v) is 4.65. The summed E-state index contributed by atoms with van der Waals surface area (Å²) in [5, 5.41) is 0. The van der Waals surface area contributed by atoms with E-state index in [0.29, 0.717) is 37.4 Å². The van der Waals surface area contributed by atoms with E-state index < -0.39 is 0 Å². The van der Waals surface area contributed by atoms with Crippen molar-refractivity contribution in [2.75, 3.05) is 13.2 Å². The second-order valence-corrected chi connectivity index (χ2v) is 8.53. The van der Waals surface area contributed by atoms with Crippen LogP contribution in [0.2, 0.25) is 0 Å². The Hall–Kier alpha value is -1.06. The fourth-order valence-electron chi connectivity index (χ4n) is 2.64. The molecule has 0 aliphatic carbocycles. The number of unbranched alkanes of at least 4 members (excludes halogenated alkanes) is 5. The largest absolute Gasteiger partial charge is 0.465 e. The van der Waals surface area contributed by atoms with Crippen LogP contribution in [0.4, 0.5) is 0 Å². The highest BCUT2D eigenvalue weighted by Crippen LogP contribution is 2.21. The SMILES string of the molecule is CC(C)COC(=O)CCCCCCCCC(C)C(C)C(=O)OCC(C)C. The zero-order valence-corrected chi connectivity index (χ0v) is 18.0. The van der Waals surface area contributed by atoms with Crippen LogP contribution in [-0.2, 0) is 19.1 Å².